The molecule has 2 heterocycles. The van der Waals surface area contributed by atoms with Crippen LogP contribution in [0.4, 0.5) is 10.5 Å². The van der Waals surface area contributed by atoms with Gasteiger partial charge < -0.3 is 19.9 Å². The van der Waals surface area contributed by atoms with Gasteiger partial charge in [-0.2, -0.15) is 0 Å². The zero-order valence-electron chi connectivity index (χ0n) is 18.4. The van der Waals surface area contributed by atoms with Crippen molar-refractivity contribution in [2.75, 3.05) is 18.5 Å². The van der Waals surface area contributed by atoms with E-state index in [1.807, 2.05) is 42.2 Å². The van der Waals surface area contributed by atoms with E-state index in [1.165, 1.54) is 16.5 Å². The quantitative estimate of drug-likeness (QED) is 0.418. The zero-order chi connectivity index (χ0) is 22.1. The second-order valence-corrected chi connectivity index (χ2v) is 8.21. The molecule has 162 valence electrons. The van der Waals surface area contributed by atoms with Crippen molar-refractivity contribution in [1.29, 1.82) is 0 Å². The molecule has 5 nitrogen and oxygen atoms in total. The smallest absolute Gasteiger partial charge is 0.322 e. The summed E-state index contributed by atoms with van der Waals surface area (Å²) in [6, 6.07) is 24.1. The lowest BCUT2D eigenvalue weighted by atomic mass is 9.92. The Balaban J connectivity index is 1.50. The van der Waals surface area contributed by atoms with Crippen molar-refractivity contribution in [2.24, 2.45) is 0 Å². The first kappa shape index (κ1) is 20.2. The average molecular weight is 426 g/mol. The Labute approximate surface area is 188 Å². The van der Waals surface area contributed by atoms with Crippen molar-refractivity contribution in [3.63, 3.8) is 0 Å². The molecule has 1 aromatic heterocycles. The summed E-state index contributed by atoms with van der Waals surface area (Å²) in [5.41, 5.74) is 6.57. The van der Waals surface area contributed by atoms with Crippen LogP contribution in [-0.2, 0) is 6.42 Å². The Hall–Kier alpha value is -3.73. The van der Waals surface area contributed by atoms with E-state index in [0.717, 1.165) is 34.6 Å². The van der Waals surface area contributed by atoms with E-state index in [1.54, 1.807) is 0 Å². The van der Waals surface area contributed by atoms with Gasteiger partial charge in [-0.25, -0.2) is 4.79 Å². The summed E-state index contributed by atoms with van der Waals surface area (Å²) in [7, 11) is 0. The number of hydrogen-bond acceptors (Lipinski definition) is 2. The van der Waals surface area contributed by atoms with Gasteiger partial charge in [0.15, 0.2) is 0 Å². The number of carbonyl (C=O) groups is 1. The van der Waals surface area contributed by atoms with Crippen LogP contribution in [0.15, 0.2) is 72.8 Å². The number of ether oxygens (including phenoxy) is 1. The highest BCUT2D eigenvalue weighted by atomic mass is 16.5. The van der Waals surface area contributed by atoms with Gasteiger partial charge in [-0.05, 0) is 61.7 Å². The van der Waals surface area contributed by atoms with Crippen LogP contribution in [0.2, 0.25) is 0 Å². The topological polar surface area (TPSA) is 57.4 Å². The normalized spacial score (nSPS) is 15.4. The molecule has 0 saturated heterocycles. The highest BCUT2D eigenvalue weighted by Crippen LogP contribution is 2.38. The van der Waals surface area contributed by atoms with Crippen LogP contribution in [0, 0.1) is 6.92 Å². The number of para-hydroxylation sites is 1. The maximum atomic E-state index is 13.4. The number of amides is 2. The highest BCUT2D eigenvalue weighted by molar-refractivity contribution is 5.91. The van der Waals surface area contributed by atoms with Gasteiger partial charge in [0.1, 0.15) is 5.75 Å². The zero-order valence-corrected chi connectivity index (χ0v) is 18.4. The van der Waals surface area contributed by atoms with Crippen molar-refractivity contribution in [3.8, 4) is 5.75 Å². The molecule has 0 saturated carbocycles. The minimum Gasteiger partial charge on any atom is -0.494 e. The van der Waals surface area contributed by atoms with Crippen LogP contribution in [0.5, 0.6) is 5.75 Å². The SMILES string of the molecule is CCOc1ccc(NC(=O)N2CCc3c([nH]c4ccccc34)[C@@H]2c2ccc(C)cc2)cc1. The van der Waals surface area contributed by atoms with E-state index < -0.39 is 0 Å². The molecule has 0 aliphatic carbocycles. The van der Waals surface area contributed by atoms with Gasteiger partial charge >= 0.3 is 6.03 Å². The third-order valence-corrected chi connectivity index (χ3v) is 6.10. The van der Waals surface area contributed by atoms with Gasteiger partial charge in [0, 0.05) is 28.8 Å². The van der Waals surface area contributed by atoms with E-state index >= 15 is 0 Å². The molecule has 0 radical (unpaired) electrons. The molecule has 1 aliphatic rings. The maximum Gasteiger partial charge on any atom is 0.322 e. The van der Waals surface area contributed by atoms with E-state index in [9.17, 15) is 4.79 Å². The van der Waals surface area contributed by atoms with Crippen molar-refractivity contribution in [3.05, 3.63) is 95.2 Å². The van der Waals surface area contributed by atoms with Gasteiger partial charge in [0.25, 0.3) is 0 Å². The number of H-pyrrole nitrogens is 1. The van der Waals surface area contributed by atoms with E-state index in [0.29, 0.717) is 13.2 Å². The molecule has 1 atom stereocenters. The van der Waals surface area contributed by atoms with E-state index in [4.69, 9.17) is 4.74 Å². The number of aryl methyl sites for hydroxylation is 1. The Morgan fingerprint density at radius 2 is 1.81 bits per heavy atom. The monoisotopic (exact) mass is 425 g/mol. The van der Waals surface area contributed by atoms with Crippen molar-refractivity contribution in [2.45, 2.75) is 26.3 Å². The largest absolute Gasteiger partial charge is 0.494 e. The number of nitrogens with zero attached hydrogens (tertiary/aromatic N) is 1. The molecule has 0 spiro atoms. The predicted molar refractivity (Wildman–Crippen MR) is 128 cm³/mol. The Morgan fingerprint density at radius 3 is 2.56 bits per heavy atom. The minimum atomic E-state index is -0.172. The van der Waals surface area contributed by atoms with Crippen LogP contribution in [0.3, 0.4) is 0 Å². The number of urea groups is 1. The average Bonchev–Trinajstić information content (AvgIpc) is 3.19. The van der Waals surface area contributed by atoms with Crippen molar-refractivity contribution >= 4 is 22.6 Å². The molecule has 1 aliphatic heterocycles. The first-order valence-electron chi connectivity index (χ1n) is 11.1. The molecule has 3 aromatic carbocycles. The third kappa shape index (κ3) is 3.71. The lowest BCUT2D eigenvalue weighted by molar-refractivity contribution is 0.193. The summed E-state index contributed by atoms with van der Waals surface area (Å²) in [5.74, 6) is 0.795. The number of nitrogens with one attached hydrogen (secondary N) is 2. The second-order valence-electron chi connectivity index (χ2n) is 8.21. The maximum absolute atomic E-state index is 13.4. The van der Waals surface area contributed by atoms with Crippen LogP contribution in [0.1, 0.15) is 35.3 Å². The van der Waals surface area contributed by atoms with Gasteiger partial charge in [-0.1, -0.05) is 48.0 Å². The second kappa shape index (κ2) is 8.42. The van der Waals surface area contributed by atoms with Crippen LogP contribution in [0.25, 0.3) is 10.9 Å². The highest BCUT2D eigenvalue weighted by Gasteiger charge is 2.34. The molecule has 0 bridgehead atoms. The molecule has 2 N–H and O–H groups in total. The van der Waals surface area contributed by atoms with E-state index in [-0.39, 0.29) is 12.1 Å². The van der Waals surface area contributed by atoms with Crippen LogP contribution < -0.4 is 10.1 Å². The molecule has 5 rings (SSSR count). The lowest BCUT2D eigenvalue weighted by Crippen LogP contribution is -2.43. The third-order valence-electron chi connectivity index (χ3n) is 6.10. The Bertz CT molecular complexity index is 1240. The lowest BCUT2D eigenvalue weighted by Gasteiger charge is -2.36. The summed E-state index contributed by atoms with van der Waals surface area (Å²) in [6.07, 6.45) is 0.818. The number of carbonyl (C=O) groups excluding carboxylic acids is 1. The number of fused-ring (bicyclic) bond motifs is 3. The number of benzene rings is 3. The summed E-state index contributed by atoms with van der Waals surface area (Å²) in [4.78, 5) is 19.0. The molecular formula is C27H27N3O2. The molecule has 32 heavy (non-hydrogen) atoms. The summed E-state index contributed by atoms with van der Waals surface area (Å²) in [6.45, 7) is 5.30. The first-order chi connectivity index (χ1) is 15.6. The summed E-state index contributed by atoms with van der Waals surface area (Å²) in [5, 5.41) is 4.32. The molecule has 0 fully saturated rings. The first-order valence-corrected chi connectivity index (χ1v) is 11.1. The minimum absolute atomic E-state index is 0.107. The predicted octanol–water partition coefficient (Wildman–Crippen LogP) is 6.05. The van der Waals surface area contributed by atoms with Crippen molar-refractivity contribution in [1.82, 2.24) is 9.88 Å². The van der Waals surface area contributed by atoms with Gasteiger partial charge in [0.05, 0.1) is 12.6 Å². The van der Waals surface area contributed by atoms with Crippen molar-refractivity contribution < 1.29 is 9.53 Å². The Kier molecular flexibility index (Phi) is 5.31. The van der Waals surface area contributed by atoms with Gasteiger partial charge in [0.2, 0.25) is 0 Å². The van der Waals surface area contributed by atoms with E-state index in [2.05, 4.69) is 59.7 Å². The van der Waals surface area contributed by atoms with Gasteiger partial charge in [-0.3, -0.25) is 0 Å². The molecule has 4 aromatic rings. The number of anilines is 1. The summed E-state index contributed by atoms with van der Waals surface area (Å²) < 4.78 is 5.51. The Morgan fingerprint density at radius 1 is 1.06 bits per heavy atom. The molecule has 2 amide bonds. The molecule has 0 unspecified atom stereocenters. The molecule has 5 heteroatoms. The van der Waals surface area contributed by atoms with Crippen LogP contribution in [-0.4, -0.2) is 29.1 Å². The summed E-state index contributed by atoms with van der Waals surface area (Å²) >= 11 is 0. The van der Waals surface area contributed by atoms with Crippen LogP contribution >= 0.6 is 0 Å². The fourth-order valence-electron chi connectivity index (χ4n) is 4.55. The standard InChI is InChI=1S/C27H27N3O2/c1-3-32-21-14-12-20(13-15-21)28-27(31)30-17-16-23-22-6-4-5-7-24(22)29-25(23)26(30)19-10-8-18(2)9-11-19/h4-15,26,29H,3,16-17H2,1-2H3,(H,28,31)/t26-/m0/s1. The number of rotatable bonds is 4. The fraction of sp³-hybridized carbons (Fsp3) is 0.222. The number of hydrogen-bond donors (Lipinski definition) is 2. The number of aromatic amines is 1. The van der Waals surface area contributed by atoms with Gasteiger partial charge in [-0.15, -0.1) is 0 Å². The number of aromatic nitrogens is 1. The fourth-order valence-corrected chi connectivity index (χ4v) is 4.55. The molecular weight excluding hydrogens is 398 g/mol.